The van der Waals surface area contributed by atoms with Crippen molar-refractivity contribution < 1.29 is 27.6 Å². The number of ether oxygens (including phenoxy) is 2. The summed E-state index contributed by atoms with van der Waals surface area (Å²) in [6.45, 7) is 3.03. The zero-order chi connectivity index (χ0) is 21.8. The Balaban J connectivity index is 2.18. The molecule has 29 heavy (non-hydrogen) atoms. The van der Waals surface area contributed by atoms with Crippen LogP contribution in [0, 0.1) is 17.0 Å². The molecule has 1 atom stereocenters. The smallest absolute Gasteiger partial charge is 0.271 e. The molecular weight excluding hydrogens is 402 g/mol. The minimum atomic E-state index is -4.04. The third-order valence-corrected chi connectivity index (χ3v) is 5.62. The number of nitro benzene ring substituents is 1. The highest BCUT2D eigenvalue weighted by Crippen LogP contribution is 2.29. The summed E-state index contributed by atoms with van der Waals surface area (Å²) in [5.41, 5.74) is 0.629. The maximum atomic E-state index is 12.6. The van der Waals surface area contributed by atoms with E-state index >= 15 is 0 Å². The van der Waals surface area contributed by atoms with Crippen LogP contribution in [-0.4, -0.2) is 39.5 Å². The van der Waals surface area contributed by atoms with Gasteiger partial charge >= 0.3 is 0 Å². The van der Waals surface area contributed by atoms with Crippen molar-refractivity contribution in [2.75, 3.05) is 19.5 Å². The molecule has 2 aromatic rings. The number of carbonyl (C=O) groups is 1. The summed E-state index contributed by atoms with van der Waals surface area (Å²) >= 11 is 0. The average Bonchev–Trinajstić information content (AvgIpc) is 2.68. The van der Waals surface area contributed by atoms with Gasteiger partial charge in [-0.1, -0.05) is 6.07 Å². The number of aryl methyl sites for hydroxylation is 1. The lowest BCUT2D eigenvalue weighted by atomic mass is 10.1. The van der Waals surface area contributed by atoms with Gasteiger partial charge in [-0.15, -0.1) is 0 Å². The van der Waals surface area contributed by atoms with Gasteiger partial charge in [0, 0.05) is 18.2 Å². The first-order chi connectivity index (χ1) is 13.6. The molecule has 0 saturated heterocycles. The zero-order valence-corrected chi connectivity index (χ0v) is 17.1. The number of rotatable bonds is 8. The van der Waals surface area contributed by atoms with E-state index in [2.05, 4.69) is 10.0 Å². The summed E-state index contributed by atoms with van der Waals surface area (Å²) in [5.74, 6) is -0.0873. The topological polar surface area (TPSA) is 137 Å². The highest BCUT2D eigenvalue weighted by Gasteiger charge is 2.24. The molecule has 0 aromatic heterocycles. The molecule has 1 amide bonds. The Kier molecular flexibility index (Phi) is 6.77. The molecule has 2 N–H and O–H groups in total. The van der Waals surface area contributed by atoms with Gasteiger partial charge in [0.2, 0.25) is 15.9 Å². The van der Waals surface area contributed by atoms with E-state index in [4.69, 9.17) is 9.47 Å². The maximum Gasteiger partial charge on any atom is 0.271 e. The normalized spacial score (nSPS) is 12.1. The lowest BCUT2D eigenvalue weighted by Crippen LogP contribution is -2.41. The number of carbonyl (C=O) groups excluding carboxylic acids is 1. The highest BCUT2D eigenvalue weighted by molar-refractivity contribution is 7.89. The molecule has 0 bridgehead atoms. The summed E-state index contributed by atoms with van der Waals surface area (Å²) in [6, 6.07) is 6.90. The van der Waals surface area contributed by atoms with Crippen molar-refractivity contribution in [1.82, 2.24) is 4.72 Å². The molecule has 0 saturated carbocycles. The quantitative estimate of drug-likeness (QED) is 0.490. The van der Waals surface area contributed by atoms with Crippen molar-refractivity contribution in [3.05, 3.63) is 52.1 Å². The van der Waals surface area contributed by atoms with Gasteiger partial charge in [0.05, 0.1) is 35.8 Å². The molecule has 0 spiro atoms. The molecule has 11 heteroatoms. The number of hydrogen-bond acceptors (Lipinski definition) is 7. The van der Waals surface area contributed by atoms with E-state index in [9.17, 15) is 23.3 Å². The fourth-order valence-electron chi connectivity index (χ4n) is 2.44. The van der Waals surface area contributed by atoms with Gasteiger partial charge in [-0.2, -0.15) is 4.72 Å². The minimum absolute atomic E-state index is 0.110. The number of sulfonamides is 1. The molecule has 0 fully saturated rings. The van der Waals surface area contributed by atoms with Crippen LogP contribution in [0.25, 0.3) is 0 Å². The largest absolute Gasteiger partial charge is 0.493 e. The monoisotopic (exact) mass is 423 g/mol. The van der Waals surface area contributed by atoms with Crippen molar-refractivity contribution in [1.29, 1.82) is 0 Å². The van der Waals surface area contributed by atoms with Gasteiger partial charge in [-0.3, -0.25) is 14.9 Å². The number of anilines is 1. The number of amides is 1. The highest BCUT2D eigenvalue weighted by atomic mass is 32.2. The third-order valence-electron chi connectivity index (χ3n) is 4.08. The van der Waals surface area contributed by atoms with Crippen LogP contribution in [0.5, 0.6) is 11.5 Å². The molecule has 0 aliphatic rings. The molecule has 0 radical (unpaired) electrons. The van der Waals surface area contributed by atoms with Crippen LogP contribution >= 0.6 is 0 Å². The van der Waals surface area contributed by atoms with Crippen LogP contribution in [0.4, 0.5) is 11.4 Å². The molecule has 2 rings (SSSR count). The molecule has 0 aliphatic heterocycles. The number of hydrogen-bond donors (Lipinski definition) is 2. The van der Waals surface area contributed by atoms with Gasteiger partial charge in [-0.05, 0) is 31.5 Å². The molecule has 0 heterocycles. The standard InChI is InChI=1S/C18H21N3O7S/c1-11-5-6-13(21(23)24)9-15(11)19-18(22)12(2)20-29(25,26)14-7-8-16(27-3)17(10-14)28-4/h5-10,12,20H,1-4H3,(H,19,22)/t12-/m0/s1. The van der Waals surface area contributed by atoms with Crippen molar-refractivity contribution in [3.63, 3.8) is 0 Å². The van der Waals surface area contributed by atoms with Crippen molar-refractivity contribution in [2.24, 2.45) is 0 Å². The average molecular weight is 423 g/mol. The predicted molar refractivity (Wildman–Crippen MR) is 106 cm³/mol. The summed E-state index contributed by atoms with van der Waals surface area (Å²) in [6.07, 6.45) is 0. The zero-order valence-electron chi connectivity index (χ0n) is 16.3. The van der Waals surface area contributed by atoms with Crippen LogP contribution in [0.3, 0.4) is 0 Å². The second-order valence-electron chi connectivity index (χ2n) is 6.11. The number of nitrogens with one attached hydrogen (secondary N) is 2. The lowest BCUT2D eigenvalue weighted by Gasteiger charge is -2.16. The Morgan fingerprint density at radius 3 is 2.34 bits per heavy atom. The first-order valence-corrected chi connectivity index (χ1v) is 9.87. The number of benzene rings is 2. The van der Waals surface area contributed by atoms with Gasteiger partial charge in [-0.25, -0.2) is 8.42 Å². The Labute approximate surface area is 168 Å². The molecular formula is C18H21N3O7S. The Hall–Kier alpha value is -3.18. The maximum absolute atomic E-state index is 12.6. The van der Waals surface area contributed by atoms with E-state index < -0.39 is 26.9 Å². The van der Waals surface area contributed by atoms with Gasteiger partial charge in [0.1, 0.15) is 0 Å². The van der Waals surface area contributed by atoms with Gasteiger partial charge in [0.25, 0.3) is 5.69 Å². The number of nitro groups is 1. The van der Waals surface area contributed by atoms with Gasteiger partial charge < -0.3 is 14.8 Å². The van der Waals surface area contributed by atoms with Crippen LogP contribution in [-0.2, 0) is 14.8 Å². The van der Waals surface area contributed by atoms with E-state index in [0.717, 1.165) is 0 Å². The molecule has 156 valence electrons. The second kappa shape index (κ2) is 8.88. The van der Waals surface area contributed by atoms with E-state index in [1.807, 2.05) is 0 Å². The molecule has 2 aromatic carbocycles. The van der Waals surface area contributed by atoms with Crippen LogP contribution in [0.15, 0.2) is 41.3 Å². The summed E-state index contributed by atoms with van der Waals surface area (Å²) in [7, 11) is -1.24. The molecule has 0 unspecified atom stereocenters. The minimum Gasteiger partial charge on any atom is -0.493 e. The third kappa shape index (κ3) is 5.21. The lowest BCUT2D eigenvalue weighted by molar-refractivity contribution is -0.384. The Bertz CT molecular complexity index is 1040. The SMILES string of the molecule is COc1ccc(S(=O)(=O)N[C@@H](C)C(=O)Nc2cc([N+](=O)[O-])ccc2C)cc1OC. The Morgan fingerprint density at radius 2 is 1.76 bits per heavy atom. The number of non-ortho nitro benzene ring substituents is 1. The molecule has 0 aliphatic carbocycles. The second-order valence-corrected chi connectivity index (χ2v) is 7.82. The first kappa shape index (κ1) is 22.1. The van der Waals surface area contributed by atoms with Crippen LogP contribution < -0.4 is 19.5 Å². The van der Waals surface area contributed by atoms with E-state index in [1.54, 1.807) is 6.92 Å². The fraction of sp³-hybridized carbons (Fsp3) is 0.278. The van der Waals surface area contributed by atoms with Crippen molar-refractivity contribution in [3.8, 4) is 11.5 Å². The van der Waals surface area contributed by atoms with Crippen LogP contribution in [0.2, 0.25) is 0 Å². The Morgan fingerprint density at radius 1 is 1.10 bits per heavy atom. The molecule has 10 nitrogen and oxygen atoms in total. The first-order valence-electron chi connectivity index (χ1n) is 8.39. The van der Waals surface area contributed by atoms with Crippen LogP contribution in [0.1, 0.15) is 12.5 Å². The number of nitrogens with zero attached hydrogens (tertiary/aromatic N) is 1. The number of methoxy groups -OCH3 is 2. The summed E-state index contributed by atoms with van der Waals surface area (Å²) in [5, 5.41) is 13.4. The van der Waals surface area contributed by atoms with E-state index in [1.165, 1.54) is 57.5 Å². The van der Waals surface area contributed by atoms with Crippen molar-refractivity contribution >= 4 is 27.3 Å². The summed E-state index contributed by atoms with van der Waals surface area (Å²) in [4.78, 5) is 22.6. The van der Waals surface area contributed by atoms with E-state index in [0.29, 0.717) is 11.3 Å². The summed E-state index contributed by atoms with van der Waals surface area (Å²) < 4.78 is 37.6. The van der Waals surface area contributed by atoms with Crippen molar-refractivity contribution in [2.45, 2.75) is 24.8 Å². The fourth-order valence-corrected chi connectivity index (χ4v) is 3.66. The van der Waals surface area contributed by atoms with Gasteiger partial charge in [0.15, 0.2) is 11.5 Å². The predicted octanol–water partition coefficient (Wildman–Crippen LogP) is 2.23. The van der Waals surface area contributed by atoms with E-state index in [-0.39, 0.29) is 22.0 Å².